The summed E-state index contributed by atoms with van der Waals surface area (Å²) in [5.74, 6) is 0.0745. The molecular formula is C8H12N4O2. The van der Waals surface area contributed by atoms with Crippen LogP contribution in [0.1, 0.15) is 6.42 Å². The molecule has 1 rings (SSSR count). The number of hydrogen-bond donors (Lipinski definition) is 1. The number of methoxy groups -OCH3 is 1. The zero-order chi connectivity index (χ0) is 10.4. The molecule has 0 aliphatic carbocycles. The molecule has 0 amide bonds. The maximum atomic E-state index is 5.40. The first-order valence-electron chi connectivity index (χ1n) is 4.05. The third-order valence-electron chi connectivity index (χ3n) is 1.35. The average molecular weight is 196 g/mol. The van der Waals surface area contributed by atoms with Crippen LogP contribution in [-0.2, 0) is 0 Å². The van der Waals surface area contributed by atoms with E-state index in [-0.39, 0.29) is 18.0 Å². The van der Waals surface area contributed by atoms with Crippen molar-refractivity contribution in [3.63, 3.8) is 0 Å². The van der Waals surface area contributed by atoms with E-state index in [1.54, 1.807) is 6.08 Å². The lowest BCUT2D eigenvalue weighted by atomic mass is 10.5. The maximum Gasteiger partial charge on any atom is 0.324 e. The van der Waals surface area contributed by atoms with Gasteiger partial charge in [0.25, 0.3) is 0 Å². The number of nitrogens with zero attached hydrogens (tertiary/aromatic N) is 3. The van der Waals surface area contributed by atoms with Crippen LogP contribution >= 0.6 is 0 Å². The van der Waals surface area contributed by atoms with Crippen molar-refractivity contribution >= 4 is 5.95 Å². The highest BCUT2D eigenvalue weighted by molar-refractivity contribution is 5.20. The first-order chi connectivity index (χ1) is 6.76. The number of hydrogen-bond acceptors (Lipinski definition) is 6. The van der Waals surface area contributed by atoms with Crippen LogP contribution in [0.15, 0.2) is 12.7 Å². The molecule has 0 aromatic carbocycles. The van der Waals surface area contributed by atoms with Crippen LogP contribution in [0.2, 0.25) is 0 Å². The van der Waals surface area contributed by atoms with Gasteiger partial charge in [-0.25, -0.2) is 0 Å². The molecule has 0 saturated heterocycles. The second kappa shape index (κ2) is 5.00. The molecule has 0 radical (unpaired) electrons. The van der Waals surface area contributed by atoms with E-state index in [1.165, 1.54) is 7.11 Å². The summed E-state index contributed by atoms with van der Waals surface area (Å²) in [7, 11) is 1.45. The van der Waals surface area contributed by atoms with Gasteiger partial charge in [-0.1, -0.05) is 6.08 Å². The summed E-state index contributed by atoms with van der Waals surface area (Å²) in [5, 5.41) is 0. The predicted octanol–water partition coefficient (Wildman–Crippen LogP) is 0.417. The van der Waals surface area contributed by atoms with E-state index in [0.717, 1.165) is 0 Å². The quantitative estimate of drug-likeness (QED) is 0.542. The van der Waals surface area contributed by atoms with Crippen molar-refractivity contribution in [3.8, 4) is 12.0 Å². The van der Waals surface area contributed by atoms with Crippen LogP contribution in [-0.4, -0.2) is 28.7 Å². The molecular weight excluding hydrogens is 184 g/mol. The second-order valence-corrected chi connectivity index (χ2v) is 2.39. The lowest BCUT2D eigenvalue weighted by Gasteiger charge is -2.03. The molecule has 1 aromatic rings. The molecule has 0 bridgehead atoms. The lowest BCUT2D eigenvalue weighted by Crippen LogP contribution is -2.05. The number of nitrogens with two attached hydrogens (primary N) is 1. The molecule has 0 atom stereocenters. The van der Waals surface area contributed by atoms with Gasteiger partial charge in [-0.2, -0.15) is 9.97 Å². The summed E-state index contributed by atoms with van der Waals surface area (Å²) >= 11 is 0. The van der Waals surface area contributed by atoms with Gasteiger partial charge in [0.15, 0.2) is 0 Å². The van der Waals surface area contributed by atoms with Crippen LogP contribution in [0.5, 0.6) is 12.0 Å². The highest BCUT2D eigenvalue weighted by Gasteiger charge is 2.04. The summed E-state index contributed by atoms with van der Waals surface area (Å²) in [6, 6.07) is 0.308. The Kier molecular flexibility index (Phi) is 3.66. The Labute approximate surface area is 81.8 Å². The molecule has 2 N–H and O–H groups in total. The fourth-order valence-electron chi connectivity index (χ4n) is 0.742. The summed E-state index contributed by atoms with van der Waals surface area (Å²) < 4.78 is 9.98. The molecule has 0 aliphatic rings. The number of rotatable bonds is 5. The SMILES string of the molecule is C=CCCOc1nc(N)nc(OC)n1. The molecule has 0 unspecified atom stereocenters. The zero-order valence-corrected chi connectivity index (χ0v) is 7.93. The summed E-state index contributed by atoms with van der Waals surface area (Å²) in [6.45, 7) is 4.02. The smallest absolute Gasteiger partial charge is 0.324 e. The lowest BCUT2D eigenvalue weighted by molar-refractivity contribution is 0.287. The van der Waals surface area contributed by atoms with E-state index in [9.17, 15) is 0 Å². The minimum atomic E-state index is 0.0745. The summed E-state index contributed by atoms with van der Waals surface area (Å²) in [6.07, 6.45) is 2.45. The van der Waals surface area contributed by atoms with E-state index in [2.05, 4.69) is 21.5 Å². The first-order valence-corrected chi connectivity index (χ1v) is 4.05. The van der Waals surface area contributed by atoms with Gasteiger partial charge in [-0.05, 0) is 6.42 Å². The topological polar surface area (TPSA) is 83.2 Å². The third-order valence-corrected chi connectivity index (χ3v) is 1.35. The Morgan fingerprint density at radius 3 is 2.71 bits per heavy atom. The van der Waals surface area contributed by atoms with Crippen molar-refractivity contribution in [1.29, 1.82) is 0 Å². The zero-order valence-electron chi connectivity index (χ0n) is 7.93. The molecule has 0 fully saturated rings. The van der Waals surface area contributed by atoms with Crippen molar-refractivity contribution in [1.82, 2.24) is 15.0 Å². The molecule has 0 spiro atoms. The Bertz CT molecular complexity index is 316. The molecule has 76 valence electrons. The number of nitrogen functional groups attached to an aromatic ring is 1. The minimum absolute atomic E-state index is 0.0745. The van der Waals surface area contributed by atoms with Crippen LogP contribution in [0.25, 0.3) is 0 Å². The van der Waals surface area contributed by atoms with Crippen LogP contribution in [0.3, 0.4) is 0 Å². The Balaban J connectivity index is 2.66. The van der Waals surface area contributed by atoms with Crippen LogP contribution in [0.4, 0.5) is 5.95 Å². The number of ether oxygens (including phenoxy) is 2. The van der Waals surface area contributed by atoms with E-state index in [4.69, 9.17) is 15.2 Å². The van der Waals surface area contributed by atoms with Crippen molar-refractivity contribution in [3.05, 3.63) is 12.7 Å². The van der Waals surface area contributed by atoms with Gasteiger partial charge in [0.2, 0.25) is 5.95 Å². The van der Waals surface area contributed by atoms with Gasteiger partial charge in [0.1, 0.15) is 0 Å². The minimum Gasteiger partial charge on any atom is -0.467 e. The second-order valence-electron chi connectivity index (χ2n) is 2.39. The predicted molar refractivity (Wildman–Crippen MR) is 51.1 cm³/mol. The van der Waals surface area contributed by atoms with Gasteiger partial charge in [0, 0.05) is 0 Å². The molecule has 0 saturated carbocycles. The van der Waals surface area contributed by atoms with Crippen LogP contribution < -0.4 is 15.2 Å². The Morgan fingerprint density at radius 1 is 1.36 bits per heavy atom. The van der Waals surface area contributed by atoms with Crippen molar-refractivity contribution in [2.75, 3.05) is 19.5 Å². The van der Waals surface area contributed by atoms with Gasteiger partial charge in [0.05, 0.1) is 13.7 Å². The van der Waals surface area contributed by atoms with E-state index >= 15 is 0 Å². The molecule has 1 heterocycles. The van der Waals surface area contributed by atoms with Gasteiger partial charge < -0.3 is 15.2 Å². The average Bonchev–Trinajstić information content (AvgIpc) is 2.17. The van der Waals surface area contributed by atoms with Crippen LogP contribution in [0, 0.1) is 0 Å². The highest BCUT2D eigenvalue weighted by atomic mass is 16.5. The highest BCUT2D eigenvalue weighted by Crippen LogP contribution is 2.09. The fourth-order valence-corrected chi connectivity index (χ4v) is 0.742. The third kappa shape index (κ3) is 2.89. The molecule has 0 aliphatic heterocycles. The molecule has 1 aromatic heterocycles. The van der Waals surface area contributed by atoms with Gasteiger partial charge in [-0.3, -0.25) is 0 Å². The fraction of sp³-hybridized carbons (Fsp3) is 0.375. The van der Waals surface area contributed by atoms with Crippen molar-refractivity contribution < 1.29 is 9.47 Å². The van der Waals surface area contributed by atoms with Crippen molar-refractivity contribution in [2.45, 2.75) is 6.42 Å². The summed E-state index contributed by atoms with van der Waals surface area (Å²) in [4.78, 5) is 11.3. The molecule has 6 heteroatoms. The van der Waals surface area contributed by atoms with E-state index in [1.807, 2.05) is 0 Å². The first kappa shape index (κ1) is 10.2. The van der Waals surface area contributed by atoms with E-state index in [0.29, 0.717) is 13.0 Å². The Morgan fingerprint density at radius 2 is 2.07 bits per heavy atom. The Hall–Kier alpha value is -1.85. The largest absolute Gasteiger partial charge is 0.467 e. The maximum absolute atomic E-state index is 5.40. The van der Waals surface area contributed by atoms with Gasteiger partial charge >= 0.3 is 12.0 Å². The monoisotopic (exact) mass is 196 g/mol. The van der Waals surface area contributed by atoms with Gasteiger partial charge in [-0.15, -0.1) is 11.6 Å². The normalized spacial score (nSPS) is 9.50. The molecule has 14 heavy (non-hydrogen) atoms. The summed E-state index contributed by atoms with van der Waals surface area (Å²) in [5.41, 5.74) is 5.40. The van der Waals surface area contributed by atoms with Crippen molar-refractivity contribution in [2.24, 2.45) is 0 Å². The number of aromatic nitrogens is 3. The molecule has 6 nitrogen and oxygen atoms in total. The number of anilines is 1. The standard InChI is InChI=1S/C8H12N4O2/c1-3-4-5-14-8-11-6(9)10-7(12-8)13-2/h3H,1,4-5H2,2H3,(H2,9,10,11,12). The van der Waals surface area contributed by atoms with E-state index < -0.39 is 0 Å².